The molecule has 0 bridgehead atoms. The summed E-state index contributed by atoms with van der Waals surface area (Å²) >= 11 is 0. The molecule has 10 aromatic carbocycles. The Morgan fingerprint density at radius 3 is 1.35 bits per heavy atom. The van der Waals surface area contributed by atoms with Gasteiger partial charge in [-0.3, -0.25) is 0 Å². The van der Waals surface area contributed by atoms with Crippen LogP contribution in [0.15, 0.2) is 227 Å². The molecule has 0 aliphatic heterocycles. The Morgan fingerprint density at radius 2 is 0.765 bits per heavy atom. The van der Waals surface area contributed by atoms with Crippen LogP contribution in [0.2, 0.25) is 0 Å². The van der Waals surface area contributed by atoms with E-state index in [0.717, 1.165) is 83.6 Å². The molecule has 0 N–H and O–H groups in total. The summed E-state index contributed by atoms with van der Waals surface area (Å²) in [7, 11) is 0. The number of furan rings is 2. The number of fused-ring (bicyclic) bond motifs is 10. The van der Waals surface area contributed by atoms with Gasteiger partial charge in [-0.15, -0.1) is 0 Å². The van der Waals surface area contributed by atoms with Crippen LogP contribution in [-0.4, -0.2) is 0 Å². The van der Waals surface area contributed by atoms with Crippen LogP contribution in [0.5, 0.6) is 0 Å². The van der Waals surface area contributed by atoms with E-state index in [4.69, 9.17) is 8.83 Å². The fourth-order valence-corrected chi connectivity index (χ4v) is 12.7. The number of hydrogen-bond acceptors (Lipinski definition) is 4. The minimum Gasteiger partial charge on any atom is -0.456 e. The average molecular weight is 1060 g/mol. The van der Waals surface area contributed by atoms with E-state index in [0.29, 0.717) is 0 Å². The number of hydrogen-bond donors (Lipinski definition) is 0. The molecule has 1 unspecified atom stereocenters. The van der Waals surface area contributed by atoms with Gasteiger partial charge in [0.15, 0.2) is 5.58 Å². The van der Waals surface area contributed by atoms with Crippen molar-refractivity contribution in [1.29, 1.82) is 0 Å². The van der Waals surface area contributed by atoms with Crippen molar-refractivity contribution in [2.75, 3.05) is 9.80 Å². The largest absolute Gasteiger partial charge is 0.456 e. The van der Waals surface area contributed by atoms with E-state index in [1.54, 1.807) is 0 Å². The molecule has 0 saturated heterocycles. The molecule has 0 spiro atoms. The Bertz CT molecular complexity index is 4340. The molecule has 0 radical (unpaired) electrons. The van der Waals surface area contributed by atoms with E-state index < -0.39 is 5.41 Å². The van der Waals surface area contributed by atoms with Gasteiger partial charge in [-0.25, -0.2) is 0 Å². The molecule has 1 atom stereocenters. The molecule has 1 aliphatic carbocycles. The van der Waals surface area contributed by atoms with E-state index in [1.807, 2.05) is 0 Å². The maximum atomic E-state index is 7.34. The normalized spacial score (nSPS) is 14.7. The van der Waals surface area contributed by atoms with Crippen molar-refractivity contribution in [1.82, 2.24) is 0 Å². The zero-order valence-electron chi connectivity index (χ0n) is 49.0. The average Bonchev–Trinajstić information content (AvgIpc) is 2.28. The van der Waals surface area contributed by atoms with Crippen molar-refractivity contribution in [3.63, 3.8) is 0 Å². The molecule has 12 aromatic rings. The van der Waals surface area contributed by atoms with Crippen LogP contribution in [0, 0.1) is 0 Å². The number of rotatable bonds is 8. The van der Waals surface area contributed by atoms with Crippen LogP contribution in [0.4, 0.5) is 34.1 Å². The second kappa shape index (κ2) is 18.7. The van der Waals surface area contributed by atoms with Crippen molar-refractivity contribution in [2.24, 2.45) is 0 Å². The van der Waals surface area contributed by atoms with Crippen LogP contribution in [-0.2, 0) is 27.1 Å². The zero-order chi connectivity index (χ0) is 56.4. The van der Waals surface area contributed by atoms with E-state index in [-0.39, 0.29) is 21.7 Å². The van der Waals surface area contributed by atoms with Crippen LogP contribution in [0.3, 0.4) is 0 Å². The van der Waals surface area contributed by atoms with Gasteiger partial charge in [0, 0.05) is 50.0 Å². The second-order valence-electron chi connectivity index (χ2n) is 26.6. The summed E-state index contributed by atoms with van der Waals surface area (Å²) < 4.78 is 14.1. The summed E-state index contributed by atoms with van der Waals surface area (Å²) in [5, 5.41) is 4.38. The topological polar surface area (TPSA) is 32.8 Å². The highest BCUT2D eigenvalue weighted by Gasteiger charge is 2.49. The monoisotopic (exact) mass is 1060 g/mol. The lowest BCUT2D eigenvalue weighted by molar-refractivity contribution is 0.589. The fraction of sp³-hybridized carbons (Fsp3) is 0.221. The summed E-state index contributed by atoms with van der Waals surface area (Å²) in [6.07, 6.45) is 0. The first-order chi connectivity index (χ1) is 38.7. The van der Waals surface area contributed by atoms with Crippen molar-refractivity contribution in [3.8, 4) is 11.1 Å². The predicted molar refractivity (Wildman–Crippen MR) is 342 cm³/mol. The lowest BCUT2D eigenvalue weighted by atomic mass is 9.66. The SMILES string of the molecule is CC(C)(C)c1ccc(N(c2ccccc2)c2ccc3c(c2)C(c2ccc(C(C)(C)C)cc2)(c2ccc4oc5ccc(C(C)(C)C)cc5c4c2)c2cc(N(c4ccccc4)c4ccc(C(C)(C)C)cc4)c4oc5ccccc5c4c2-3)cc1. The summed E-state index contributed by atoms with van der Waals surface area (Å²) in [6.45, 7) is 27.5. The first kappa shape index (κ1) is 51.8. The minimum atomic E-state index is -0.894. The molecule has 402 valence electrons. The molecule has 4 nitrogen and oxygen atoms in total. The van der Waals surface area contributed by atoms with Crippen molar-refractivity contribution >= 4 is 78.0 Å². The highest BCUT2D eigenvalue weighted by molar-refractivity contribution is 6.20. The van der Waals surface area contributed by atoms with Gasteiger partial charge in [-0.05, 0) is 174 Å². The number of anilines is 6. The highest BCUT2D eigenvalue weighted by Crippen LogP contribution is 2.62. The first-order valence-electron chi connectivity index (χ1n) is 28.8. The molecular formula is C77H72N2O2. The minimum absolute atomic E-state index is 0.000729. The van der Waals surface area contributed by atoms with E-state index in [2.05, 4.69) is 311 Å². The van der Waals surface area contributed by atoms with Crippen LogP contribution < -0.4 is 9.80 Å². The maximum Gasteiger partial charge on any atom is 0.160 e. The fourth-order valence-electron chi connectivity index (χ4n) is 12.7. The third-order valence-corrected chi connectivity index (χ3v) is 17.2. The summed E-state index contributed by atoms with van der Waals surface area (Å²) in [5.41, 5.74) is 20.8. The lowest BCUT2D eigenvalue weighted by Gasteiger charge is -2.36. The van der Waals surface area contributed by atoms with E-state index >= 15 is 0 Å². The number of nitrogens with zero attached hydrogens (tertiary/aromatic N) is 2. The Hall–Kier alpha value is -8.60. The van der Waals surface area contributed by atoms with Gasteiger partial charge in [-0.1, -0.05) is 204 Å². The number of para-hydroxylation sites is 3. The third kappa shape index (κ3) is 8.65. The molecular weight excluding hydrogens is 985 g/mol. The van der Waals surface area contributed by atoms with Gasteiger partial charge >= 0.3 is 0 Å². The van der Waals surface area contributed by atoms with E-state index in [9.17, 15) is 0 Å². The second-order valence-corrected chi connectivity index (χ2v) is 26.6. The number of benzene rings is 10. The smallest absolute Gasteiger partial charge is 0.160 e. The van der Waals surface area contributed by atoms with Gasteiger partial charge in [0.25, 0.3) is 0 Å². The van der Waals surface area contributed by atoms with Gasteiger partial charge in [0.05, 0.1) is 11.1 Å². The molecule has 0 saturated carbocycles. The van der Waals surface area contributed by atoms with Gasteiger partial charge in [-0.2, -0.15) is 0 Å². The molecule has 81 heavy (non-hydrogen) atoms. The zero-order valence-corrected chi connectivity index (χ0v) is 49.0. The molecule has 2 aromatic heterocycles. The summed E-state index contributed by atoms with van der Waals surface area (Å²) in [6, 6.07) is 81.6. The van der Waals surface area contributed by atoms with E-state index in [1.165, 1.54) is 50.1 Å². The molecule has 1 aliphatic rings. The predicted octanol–water partition coefficient (Wildman–Crippen LogP) is 22.0. The Kier molecular flexibility index (Phi) is 12.0. The van der Waals surface area contributed by atoms with Gasteiger partial charge < -0.3 is 18.6 Å². The Labute approximate surface area is 478 Å². The maximum absolute atomic E-state index is 7.34. The van der Waals surface area contributed by atoms with Crippen molar-refractivity contribution in [2.45, 2.75) is 110 Å². The lowest BCUT2D eigenvalue weighted by Crippen LogP contribution is -2.29. The van der Waals surface area contributed by atoms with Crippen LogP contribution in [0.1, 0.15) is 128 Å². The van der Waals surface area contributed by atoms with Crippen LogP contribution >= 0.6 is 0 Å². The quantitative estimate of drug-likeness (QED) is 0.152. The third-order valence-electron chi connectivity index (χ3n) is 17.2. The summed E-state index contributed by atoms with van der Waals surface area (Å²) in [5.74, 6) is 0. The molecule has 0 fully saturated rings. The molecule has 13 rings (SSSR count). The Balaban J connectivity index is 1.20. The van der Waals surface area contributed by atoms with Crippen LogP contribution in [0.25, 0.3) is 55.0 Å². The Morgan fingerprint density at radius 1 is 0.321 bits per heavy atom. The van der Waals surface area contributed by atoms with Gasteiger partial charge in [0.1, 0.15) is 16.7 Å². The standard InChI is InChI=1S/C77H72N2O2/c1-73(2,3)49-27-29-52(30-28-49)77(54-36-44-69-63(46-54)62-45-53(76(10,11)12)35-43-68(62)80-69)64-47-59(78(55-21-15-13-16-22-55)57-37-31-50(32-38-57)74(4,5)6)41-42-60(64)70-65(77)48-66(72-71(70)61-25-19-20-26-67(61)81-72)79(56-23-17-14-18-24-56)58-39-33-51(34-40-58)75(7,8)9/h13-48H,1-12H3. The summed E-state index contributed by atoms with van der Waals surface area (Å²) in [4.78, 5) is 4.84. The van der Waals surface area contributed by atoms with Gasteiger partial charge in [0.2, 0.25) is 0 Å². The molecule has 0 amide bonds. The first-order valence-corrected chi connectivity index (χ1v) is 28.8. The van der Waals surface area contributed by atoms with Crippen molar-refractivity contribution < 1.29 is 8.83 Å². The molecule has 2 heterocycles. The highest BCUT2D eigenvalue weighted by atomic mass is 16.3. The molecule has 4 heteroatoms. The van der Waals surface area contributed by atoms with Crippen molar-refractivity contribution in [3.05, 3.63) is 263 Å².